The Hall–Kier alpha value is 1.55. The van der Waals surface area contributed by atoms with Gasteiger partial charge >= 0.3 is 58.2 Å². The first-order valence-corrected chi connectivity index (χ1v) is 7.31. The van der Waals surface area contributed by atoms with Gasteiger partial charge in [0.15, 0.2) is 0 Å². The van der Waals surface area contributed by atoms with Crippen molar-refractivity contribution in [1.29, 1.82) is 0 Å². The van der Waals surface area contributed by atoms with Gasteiger partial charge in [0, 0.05) is 32.6 Å². The first-order chi connectivity index (χ1) is 7.77. The number of nitrogens with zero attached hydrogens (tertiary/aromatic N) is 2. The molecule has 1 aliphatic rings. The van der Waals surface area contributed by atoms with Crippen molar-refractivity contribution in [2.75, 3.05) is 51.3 Å². The minimum atomic E-state index is 0. The van der Waals surface area contributed by atoms with Crippen LogP contribution in [0.4, 0.5) is 0 Å². The fraction of sp³-hybridized carbons (Fsp3) is 0.909. The van der Waals surface area contributed by atoms with Crippen molar-refractivity contribution in [3.05, 3.63) is 5.73 Å². The minimum absolute atomic E-state index is 0. The number of hydrogen-bond acceptors (Lipinski definition) is 3. The van der Waals surface area contributed by atoms with Crippen LogP contribution in [0.2, 0.25) is 0 Å². The van der Waals surface area contributed by atoms with Gasteiger partial charge in [0.2, 0.25) is 5.91 Å². The van der Waals surface area contributed by atoms with E-state index in [-0.39, 0.29) is 70.6 Å². The van der Waals surface area contributed by atoms with E-state index >= 15 is 0 Å². The number of amides is 1. The van der Waals surface area contributed by atoms with Gasteiger partial charge in [-0.05, 0) is 25.0 Å². The fourth-order valence-electron chi connectivity index (χ4n) is 1.92. The topological polar surface area (TPSA) is 47.4 Å². The first-order valence-electron chi connectivity index (χ1n) is 5.91. The monoisotopic (exact) mass is 329 g/mol. The summed E-state index contributed by atoms with van der Waals surface area (Å²) in [7, 11) is 0. The van der Waals surface area contributed by atoms with Crippen LogP contribution in [0.1, 0.15) is 12.8 Å². The molecular formula is C11H22N3ORbS. The van der Waals surface area contributed by atoms with E-state index in [1.807, 2.05) is 16.7 Å². The van der Waals surface area contributed by atoms with Crippen LogP contribution in [-0.4, -0.2) is 67.0 Å². The van der Waals surface area contributed by atoms with Crippen molar-refractivity contribution in [3.63, 3.8) is 0 Å². The van der Waals surface area contributed by atoms with E-state index in [1.54, 1.807) is 0 Å². The number of hydrogen-bond donors (Lipinski definition) is 0. The molecule has 1 amide bonds. The van der Waals surface area contributed by atoms with E-state index < -0.39 is 0 Å². The molecule has 0 unspecified atom stereocenters. The van der Waals surface area contributed by atoms with Crippen LogP contribution in [0.5, 0.6) is 0 Å². The van der Waals surface area contributed by atoms with Crippen LogP contribution in [0.25, 0.3) is 5.73 Å². The zero-order chi connectivity index (χ0) is 11.8. The van der Waals surface area contributed by atoms with E-state index in [1.165, 1.54) is 12.2 Å². The van der Waals surface area contributed by atoms with Gasteiger partial charge in [0.1, 0.15) is 0 Å². The van der Waals surface area contributed by atoms with E-state index in [2.05, 4.69) is 11.2 Å². The number of carbonyl (C=O) groups excluding carboxylic acids is 1. The average molecular weight is 330 g/mol. The average Bonchev–Trinajstić information content (AvgIpc) is 2.30. The summed E-state index contributed by atoms with van der Waals surface area (Å²) in [6, 6.07) is 0. The second-order valence-corrected chi connectivity index (χ2v) is 5.05. The summed E-state index contributed by atoms with van der Waals surface area (Å²) >= 11 is 1.89. The molecule has 1 fully saturated rings. The number of rotatable bonds is 6. The summed E-state index contributed by atoms with van der Waals surface area (Å²) in [5.41, 5.74) is 7.04. The van der Waals surface area contributed by atoms with Gasteiger partial charge in [0.05, 0.1) is 0 Å². The second kappa shape index (κ2) is 11.4. The van der Waals surface area contributed by atoms with Crippen molar-refractivity contribution in [3.8, 4) is 0 Å². The van der Waals surface area contributed by atoms with Crippen LogP contribution in [0.15, 0.2) is 0 Å². The molecule has 1 saturated heterocycles. The van der Waals surface area contributed by atoms with Crippen LogP contribution in [0.3, 0.4) is 0 Å². The number of nitrogens with one attached hydrogen (secondary N) is 1. The maximum atomic E-state index is 11.5. The zero-order valence-electron chi connectivity index (χ0n) is 11.1. The Morgan fingerprint density at radius 1 is 1.29 bits per heavy atom. The SMILES string of the molecule is CSCCCN1CCN(C(=O)CC[NH-])CC1.[Rb+]. The summed E-state index contributed by atoms with van der Waals surface area (Å²) in [6.45, 7) is 5.06. The van der Waals surface area contributed by atoms with Crippen LogP contribution in [0, 0.1) is 0 Å². The molecular weight excluding hydrogens is 308 g/mol. The van der Waals surface area contributed by atoms with Crippen LogP contribution < -0.4 is 58.2 Å². The molecule has 4 nitrogen and oxygen atoms in total. The maximum absolute atomic E-state index is 11.5. The molecule has 94 valence electrons. The Morgan fingerprint density at radius 2 is 1.94 bits per heavy atom. The molecule has 0 radical (unpaired) electrons. The van der Waals surface area contributed by atoms with E-state index in [0.717, 1.165) is 32.7 Å². The quantitative estimate of drug-likeness (QED) is 0.548. The fourth-order valence-corrected chi connectivity index (χ4v) is 2.34. The Labute approximate surface area is 158 Å². The molecule has 0 aromatic carbocycles. The Kier molecular flexibility index (Phi) is 12.4. The molecule has 0 aromatic heterocycles. The predicted octanol–water partition coefficient (Wildman–Crippen LogP) is -1.67. The second-order valence-electron chi connectivity index (χ2n) is 4.07. The normalized spacial score (nSPS) is 16.7. The van der Waals surface area contributed by atoms with E-state index in [9.17, 15) is 4.79 Å². The summed E-state index contributed by atoms with van der Waals surface area (Å²) in [5.74, 6) is 1.37. The third-order valence-electron chi connectivity index (χ3n) is 2.89. The van der Waals surface area contributed by atoms with Crippen molar-refractivity contribution in [1.82, 2.24) is 9.80 Å². The summed E-state index contributed by atoms with van der Waals surface area (Å²) in [5, 5.41) is 0. The molecule has 0 bridgehead atoms. The third kappa shape index (κ3) is 7.65. The van der Waals surface area contributed by atoms with Gasteiger partial charge in [-0.25, -0.2) is 0 Å². The standard InChI is InChI=1S/C11H22N3OS.Rb/c1-16-10-2-5-13-6-8-14(9-7-13)11(15)3-4-12;/h12H,2-10H2,1H3;/q-1;+1. The molecule has 1 N–H and O–H groups in total. The van der Waals surface area contributed by atoms with E-state index in [0.29, 0.717) is 6.42 Å². The van der Waals surface area contributed by atoms with Crippen molar-refractivity contribution in [2.45, 2.75) is 12.8 Å². The molecule has 1 rings (SSSR count). The van der Waals surface area contributed by atoms with Gasteiger partial charge in [-0.15, -0.1) is 6.54 Å². The molecule has 1 aliphatic heterocycles. The number of thioether (sulfide) groups is 1. The largest absolute Gasteiger partial charge is 1.00 e. The van der Waals surface area contributed by atoms with Crippen molar-refractivity contribution < 1.29 is 63.0 Å². The maximum Gasteiger partial charge on any atom is 1.00 e. The van der Waals surface area contributed by atoms with Gasteiger partial charge in [-0.3, -0.25) is 9.69 Å². The Balaban J connectivity index is 0.00000256. The smallest absolute Gasteiger partial charge is 0.677 e. The molecule has 6 heteroatoms. The number of carbonyl (C=O) groups is 1. The zero-order valence-corrected chi connectivity index (χ0v) is 16.8. The minimum Gasteiger partial charge on any atom is -0.677 e. The molecule has 0 aromatic rings. The first kappa shape index (κ1) is 18.5. The van der Waals surface area contributed by atoms with Crippen LogP contribution in [-0.2, 0) is 4.79 Å². The molecule has 17 heavy (non-hydrogen) atoms. The van der Waals surface area contributed by atoms with Crippen LogP contribution >= 0.6 is 11.8 Å². The van der Waals surface area contributed by atoms with Crippen molar-refractivity contribution >= 4 is 17.7 Å². The van der Waals surface area contributed by atoms with Gasteiger partial charge in [0.25, 0.3) is 0 Å². The Morgan fingerprint density at radius 3 is 2.47 bits per heavy atom. The summed E-state index contributed by atoms with van der Waals surface area (Å²) in [6.07, 6.45) is 3.76. The number of piperazine rings is 1. The van der Waals surface area contributed by atoms with Gasteiger partial charge < -0.3 is 10.6 Å². The van der Waals surface area contributed by atoms with E-state index in [4.69, 9.17) is 5.73 Å². The Bertz CT molecular complexity index is 211. The molecule has 1 heterocycles. The molecule has 0 spiro atoms. The molecule has 0 atom stereocenters. The summed E-state index contributed by atoms with van der Waals surface area (Å²) < 4.78 is 0. The van der Waals surface area contributed by atoms with Gasteiger partial charge in [-0.1, -0.05) is 0 Å². The predicted molar refractivity (Wildman–Crippen MR) is 69.8 cm³/mol. The third-order valence-corrected chi connectivity index (χ3v) is 3.58. The molecule has 0 saturated carbocycles. The van der Waals surface area contributed by atoms with Crippen molar-refractivity contribution in [2.24, 2.45) is 0 Å². The van der Waals surface area contributed by atoms with Gasteiger partial charge in [-0.2, -0.15) is 11.8 Å². The molecule has 0 aliphatic carbocycles. The summed E-state index contributed by atoms with van der Waals surface area (Å²) in [4.78, 5) is 15.9.